The molecule has 134 valence electrons. The molecule has 0 spiro atoms. The largest absolute Gasteiger partial charge is 0.478 e. The molecule has 0 N–H and O–H groups in total. The van der Waals surface area contributed by atoms with Crippen LogP contribution in [-0.4, -0.2) is 18.0 Å². The number of allylic oxidation sites excluding steroid dienone is 7. The molecular formula is C22H35NO. The van der Waals surface area contributed by atoms with E-state index in [4.69, 9.17) is 4.74 Å². The van der Waals surface area contributed by atoms with Crippen LogP contribution in [-0.2, 0) is 4.74 Å². The summed E-state index contributed by atoms with van der Waals surface area (Å²) in [5, 5.41) is 0. The Hall–Kier alpha value is -1.57. The lowest BCUT2D eigenvalue weighted by Gasteiger charge is -2.07. The summed E-state index contributed by atoms with van der Waals surface area (Å²) in [7, 11) is 0. The Kier molecular flexibility index (Phi) is 10.9. The number of ether oxygens (including phenoxy) is 1. The Morgan fingerprint density at radius 2 is 1.54 bits per heavy atom. The number of hydrogen-bond acceptors (Lipinski definition) is 2. The number of rotatable bonds is 13. The number of unbranched alkanes of at least 4 members (excludes halogenated alkanes) is 4. The summed E-state index contributed by atoms with van der Waals surface area (Å²) in [5.41, 5.74) is -0.00352. The fraction of sp³-hybridized carbons (Fsp3) is 0.591. The first-order valence-electron chi connectivity index (χ1n) is 9.41. The Bertz CT molecular complexity index is 455. The van der Waals surface area contributed by atoms with Crippen LogP contribution in [0.2, 0.25) is 0 Å². The lowest BCUT2D eigenvalue weighted by Crippen LogP contribution is -2.17. The van der Waals surface area contributed by atoms with Gasteiger partial charge in [-0.25, -0.2) is 4.99 Å². The van der Waals surface area contributed by atoms with Crippen molar-refractivity contribution in [2.45, 2.75) is 77.2 Å². The van der Waals surface area contributed by atoms with Crippen LogP contribution in [0.5, 0.6) is 0 Å². The van der Waals surface area contributed by atoms with Crippen molar-refractivity contribution in [3.05, 3.63) is 49.1 Å². The lowest BCUT2D eigenvalue weighted by atomic mass is 10.1. The van der Waals surface area contributed by atoms with Gasteiger partial charge in [0.25, 0.3) is 0 Å². The van der Waals surface area contributed by atoms with Gasteiger partial charge < -0.3 is 4.74 Å². The molecule has 24 heavy (non-hydrogen) atoms. The highest BCUT2D eigenvalue weighted by Gasteiger charge is 2.25. The molecule has 2 nitrogen and oxygen atoms in total. The van der Waals surface area contributed by atoms with Crippen molar-refractivity contribution >= 4 is 5.90 Å². The van der Waals surface area contributed by atoms with Crippen LogP contribution >= 0.6 is 0 Å². The van der Waals surface area contributed by atoms with E-state index in [1.54, 1.807) is 0 Å². The molecule has 0 amide bonds. The summed E-state index contributed by atoms with van der Waals surface area (Å²) < 4.78 is 5.61. The van der Waals surface area contributed by atoms with E-state index in [1.165, 1.54) is 32.1 Å². The summed E-state index contributed by atoms with van der Waals surface area (Å²) in [5.74, 6) is 0.964. The van der Waals surface area contributed by atoms with Gasteiger partial charge in [-0.15, -0.1) is 6.58 Å². The zero-order valence-electron chi connectivity index (χ0n) is 15.7. The summed E-state index contributed by atoms with van der Waals surface area (Å²) in [4.78, 5) is 4.59. The zero-order chi connectivity index (χ0) is 17.5. The van der Waals surface area contributed by atoms with Crippen LogP contribution in [0.15, 0.2) is 54.1 Å². The van der Waals surface area contributed by atoms with Crippen LogP contribution in [0, 0.1) is 0 Å². The van der Waals surface area contributed by atoms with Crippen molar-refractivity contribution in [3.8, 4) is 0 Å². The molecule has 0 unspecified atom stereocenters. The van der Waals surface area contributed by atoms with Gasteiger partial charge >= 0.3 is 0 Å². The Morgan fingerprint density at radius 3 is 2.17 bits per heavy atom. The summed E-state index contributed by atoms with van der Waals surface area (Å²) in [6, 6.07) is 0. The molecule has 0 aromatic carbocycles. The molecule has 0 aliphatic carbocycles. The first kappa shape index (κ1) is 20.5. The van der Waals surface area contributed by atoms with Gasteiger partial charge in [0.05, 0.1) is 5.54 Å². The third-order valence-corrected chi connectivity index (χ3v) is 3.88. The van der Waals surface area contributed by atoms with E-state index in [1.807, 2.05) is 6.08 Å². The van der Waals surface area contributed by atoms with Gasteiger partial charge in [-0.2, -0.15) is 0 Å². The van der Waals surface area contributed by atoms with Crippen LogP contribution in [0.1, 0.15) is 71.6 Å². The third kappa shape index (κ3) is 11.0. The second-order valence-corrected chi connectivity index (χ2v) is 6.97. The molecule has 0 saturated carbocycles. The van der Waals surface area contributed by atoms with Crippen LogP contribution in [0.4, 0.5) is 0 Å². The van der Waals surface area contributed by atoms with E-state index in [-0.39, 0.29) is 5.54 Å². The molecule has 0 aromatic heterocycles. The van der Waals surface area contributed by atoms with E-state index in [0.29, 0.717) is 0 Å². The second-order valence-electron chi connectivity index (χ2n) is 6.97. The third-order valence-electron chi connectivity index (χ3n) is 3.88. The van der Waals surface area contributed by atoms with E-state index in [0.717, 1.165) is 38.2 Å². The van der Waals surface area contributed by atoms with Gasteiger partial charge in [-0.1, -0.05) is 55.4 Å². The zero-order valence-corrected chi connectivity index (χ0v) is 15.7. The van der Waals surface area contributed by atoms with Crippen molar-refractivity contribution in [2.24, 2.45) is 4.99 Å². The van der Waals surface area contributed by atoms with E-state index in [9.17, 15) is 0 Å². The van der Waals surface area contributed by atoms with Crippen LogP contribution < -0.4 is 0 Å². The Morgan fingerprint density at radius 1 is 0.917 bits per heavy atom. The molecule has 0 saturated heterocycles. The van der Waals surface area contributed by atoms with Crippen LogP contribution in [0.25, 0.3) is 0 Å². The molecule has 1 aliphatic rings. The van der Waals surface area contributed by atoms with Crippen molar-refractivity contribution < 1.29 is 4.74 Å². The highest BCUT2D eigenvalue weighted by atomic mass is 16.5. The maximum absolute atomic E-state index is 5.61. The topological polar surface area (TPSA) is 21.6 Å². The highest BCUT2D eigenvalue weighted by molar-refractivity contribution is 5.78. The molecule has 2 heteroatoms. The van der Waals surface area contributed by atoms with E-state index < -0.39 is 0 Å². The number of aliphatic imine (C=N–C) groups is 1. The summed E-state index contributed by atoms with van der Waals surface area (Å²) in [6.07, 6.45) is 25.6. The summed E-state index contributed by atoms with van der Waals surface area (Å²) >= 11 is 0. The molecule has 0 radical (unpaired) electrons. The maximum Gasteiger partial charge on any atom is 0.183 e. The Balaban J connectivity index is 1.89. The second kappa shape index (κ2) is 12.8. The molecule has 0 bridgehead atoms. The minimum Gasteiger partial charge on any atom is -0.478 e. The number of nitrogens with zero attached hydrogens (tertiary/aromatic N) is 1. The summed E-state index contributed by atoms with van der Waals surface area (Å²) in [6.45, 7) is 8.69. The molecule has 1 rings (SSSR count). The minimum absolute atomic E-state index is 0.00352. The lowest BCUT2D eigenvalue weighted by molar-refractivity contribution is 0.273. The van der Waals surface area contributed by atoms with Gasteiger partial charge in [-0.3, -0.25) is 0 Å². The van der Waals surface area contributed by atoms with E-state index in [2.05, 4.69) is 61.9 Å². The molecule has 0 fully saturated rings. The predicted octanol–water partition coefficient (Wildman–Crippen LogP) is 6.56. The van der Waals surface area contributed by atoms with Gasteiger partial charge in [0.15, 0.2) is 5.90 Å². The monoisotopic (exact) mass is 329 g/mol. The predicted molar refractivity (Wildman–Crippen MR) is 107 cm³/mol. The van der Waals surface area contributed by atoms with E-state index >= 15 is 0 Å². The van der Waals surface area contributed by atoms with Crippen molar-refractivity contribution in [3.63, 3.8) is 0 Å². The minimum atomic E-state index is -0.00352. The smallest absolute Gasteiger partial charge is 0.183 e. The van der Waals surface area contributed by atoms with Gasteiger partial charge in [0.2, 0.25) is 0 Å². The van der Waals surface area contributed by atoms with Gasteiger partial charge in [0, 0.05) is 6.42 Å². The normalized spacial score (nSPS) is 17.0. The van der Waals surface area contributed by atoms with Crippen molar-refractivity contribution in [1.82, 2.24) is 0 Å². The first-order valence-corrected chi connectivity index (χ1v) is 9.41. The fourth-order valence-electron chi connectivity index (χ4n) is 2.53. The maximum atomic E-state index is 5.61. The van der Waals surface area contributed by atoms with Crippen molar-refractivity contribution in [1.29, 1.82) is 0 Å². The average Bonchev–Trinajstić information content (AvgIpc) is 2.90. The van der Waals surface area contributed by atoms with Gasteiger partial charge in [0.1, 0.15) is 6.61 Å². The van der Waals surface area contributed by atoms with Gasteiger partial charge in [-0.05, 0) is 52.4 Å². The number of hydrogen-bond donors (Lipinski definition) is 0. The fourth-order valence-corrected chi connectivity index (χ4v) is 2.53. The molecule has 0 aromatic rings. The highest BCUT2D eigenvalue weighted by Crippen LogP contribution is 2.19. The standard InChI is InChI=1S/C22H35NO/c1-4-5-6-7-8-9-10-11-12-13-14-15-16-17-18-19-21-23-22(2,3)20-24-21/h4,6-7,9-10,12-13H,1,5,8,11,14-20H2,2-3H3/b7-6-,10-9-,13-12-. The SMILES string of the molecule is C=CC/C=C\C/C=C\C/C=C\CCCCCCC1=NC(C)(C)CO1. The Labute approximate surface area is 149 Å². The average molecular weight is 330 g/mol. The first-order chi connectivity index (χ1) is 11.6. The van der Waals surface area contributed by atoms with Crippen LogP contribution in [0.3, 0.4) is 0 Å². The quantitative estimate of drug-likeness (QED) is 0.277. The molecule has 1 aliphatic heterocycles. The molecular weight excluding hydrogens is 294 g/mol. The van der Waals surface area contributed by atoms with Crippen molar-refractivity contribution in [2.75, 3.05) is 6.61 Å². The molecule has 1 heterocycles. The molecule has 0 atom stereocenters.